The minimum atomic E-state index is -6.12. The molecule has 8 nitrogen and oxygen atoms in total. The van der Waals surface area contributed by atoms with Gasteiger partial charge in [-0.15, -0.1) is 0 Å². The van der Waals surface area contributed by atoms with Crippen molar-refractivity contribution in [2.45, 2.75) is 17.3 Å². The largest absolute Gasteiger partial charge is 0.512 e. The van der Waals surface area contributed by atoms with E-state index < -0.39 is 36.4 Å². The summed E-state index contributed by atoms with van der Waals surface area (Å²) in [6, 6.07) is 0.738. The Morgan fingerprint density at radius 3 is 2.26 bits per heavy atom. The van der Waals surface area contributed by atoms with E-state index in [4.69, 9.17) is 0 Å². The van der Waals surface area contributed by atoms with Gasteiger partial charge in [0.15, 0.2) is 0 Å². The van der Waals surface area contributed by atoms with Crippen LogP contribution in [0.5, 0.6) is 0 Å². The van der Waals surface area contributed by atoms with Crippen molar-refractivity contribution < 1.29 is 34.8 Å². The number of hydrogen-bond donors (Lipinski definition) is 2. The highest BCUT2D eigenvalue weighted by Gasteiger charge is 2.48. The first-order chi connectivity index (χ1) is 10.3. The molecule has 1 heterocycles. The topological polar surface area (TPSA) is 122 Å². The molecule has 1 aromatic rings. The summed E-state index contributed by atoms with van der Waals surface area (Å²) in [7, 11) is -11.2. The molecule has 128 valence electrons. The number of anilines is 1. The Labute approximate surface area is 129 Å². The van der Waals surface area contributed by atoms with Crippen molar-refractivity contribution in [2.24, 2.45) is 0 Å². The number of sulfonamides is 2. The molecule has 0 atom stereocenters. The zero-order chi connectivity index (χ0) is 18.1. The summed E-state index contributed by atoms with van der Waals surface area (Å²) in [5.41, 5.74) is -5.90. The number of alkyl halides is 3. The van der Waals surface area contributed by atoms with Crippen LogP contribution >= 0.6 is 0 Å². The SMILES string of the molecule is C=C(C)C(=O)Nc1cncc(S(=O)(=O)NS(=O)(=O)C(F)(F)F)c1. The Hall–Kier alpha value is -1.99. The Morgan fingerprint density at radius 1 is 1.22 bits per heavy atom. The normalized spacial score (nSPS) is 12.7. The maximum absolute atomic E-state index is 12.2. The van der Waals surface area contributed by atoms with Gasteiger partial charge in [-0.3, -0.25) is 9.78 Å². The molecule has 0 aliphatic heterocycles. The lowest BCUT2D eigenvalue weighted by atomic mass is 10.3. The molecule has 0 bridgehead atoms. The van der Waals surface area contributed by atoms with Crippen LogP contribution in [-0.2, 0) is 24.8 Å². The van der Waals surface area contributed by atoms with Gasteiger partial charge in [0.05, 0.1) is 11.9 Å². The molecule has 0 aliphatic rings. The number of nitrogens with zero attached hydrogens (tertiary/aromatic N) is 1. The molecule has 1 amide bonds. The molecule has 0 saturated heterocycles. The highest BCUT2D eigenvalue weighted by Crippen LogP contribution is 2.24. The first-order valence-corrected chi connectivity index (χ1v) is 8.50. The number of carbonyl (C=O) groups is 1. The third-order valence-electron chi connectivity index (χ3n) is 2.19. The van der Waals surface area contributed by atoms with Crippen molar-refractivity contribution in [3.8, 4) is 0 Å². The van der Waals surface area contributed by atoms with E-state index in [0.717, 1.165) is 12.3 Å². The molecule has 0 radical (unpaired) electrons. The van der Waals surface area contributed by atoms with Crippen LogP contribution in [0.4, 0.5) is 18.9 Å². The van der Waals surface area contributed by atoms with Gasteiger partial charge in [0.2, 0.25) is 0 Å². The van der Waals surface area contributed by atoms with Crippen LogP contribution in [0.2, 0.25) is 0 Å². The monoisotopic (exact) mass is 373 g/mol. The number of hydrogen-bond acceptors (Lipinski definition) is 6. The number of rotatable bonds is 5. The Morgan fingerprint density at radius 2 is 1.78 bits per heavy atom. The van der Waals surface area contributed by atoms with Crippen LogP contribution in [0.1, 0.15) is 6.92 Å². The van der Waals surface area contributed by atoms with E-state index in [9.17, 15) is 34.8 Å². The highest BCUT2D eigenvalue weighted by atomic mass is 32.3. The third kappa shape index (κ3) is 4.74. The maximum atomic E-state index is 12.2. The van der Waals surface area contributed by atoms with Gasteiger partial charge in [-0.2, -0.15) is 13.2 Å². The van der Waals surface area contributed by atoms with Crippen LogP contribution in [0.15, 0.2) is 35.5 Å². The second kappa shape index (κ2) is 6.25. The average Bonchev–Trinajstić information content (AvgIpc) is 2.36. The summed E-state index contributed by atoms with van der Waals surface area (Å²) in [4.78, 5) is 13.9. The number of amides is 1. The number of pyridine rings is 1. The molecule has 0 aromatic carbocycles. The van der Waals surface area contributed by atoms with E-state index >= 15 is 0 Å². The van der Waals surface area contributed by atoms with Gasteiger partial charge in [-0.05, 0) is 13.0 Å². The van der Waals surface area contributed by atoms with Crippen molar-refractivity contribution in [2.75, 3.05) is 5.32 Å². The molecule has 0 fully saturated rings. The summed E-state index contributed by atoms with van der Waals surface area (Å²) in [6.07, 6.45) is 1.63. The van der Waals surface area contributed by atoms with E-state index in [1.165, 1.54) is 6.92 Å². The van der Waals surface area contributed by atoms with E-state index in [1.54, 1.807) is 0 Å². The molecule has 2 N–H and O–H groups in total. The van der Waals surface area contributed by atoms with Crippen molar-refractivity contribution >= 4 is 31.6 Å². The Kier molecular flexibility index (Phi) is 5.18. The Balaban J connectivity index is 3.16. The zero-order valence-corrected chi connectivity index (χ0v) is 13.0. The standard InChI is InChI=1S/C10H10F3N3O5S2/c1-6(2)9(17)15-7-3-8(5-14-4-7)22(18,19)16-23(20,21)10(11,12)13/h3-5,16H,1H2,2H3,(H,15,17). The lowest BCUT2D eigenvalue weighted by Gasteiger charge is -2.11. The molecule has 0 aliphatic carbocycles. The third-order valence-corrected chi connectivity index (χ3v) is 5.40. The summed E-state index contributed by atoms with van der Waals surface area (Å²) in [5.74, 6) is -0.683. The maximum Gasteiger partial charge on any atom is 0.512 e. The summed E-state index contributed by atoms with van der Waals surface area (Å²) < 4.78 is 82.4. The fraction of sp³-hybridized carbons (Fsp3) is 0.200. The molecule has 1 rings (SSSR count). The van der Waals surface area contributed by atoms with Gasteiger partial charge in [0.1, 0.15) is 4.90 Å². The smallest absolute Gasteiger partial charge is 0.321 e. The van der Waals surface area contributed by atoms with Crippen LogP contribution in [0.25, 0.3) is 0 Å². The van der Waals surface area contributed by atoms with Crippen molar-refractivity contribution in [3.63, 3.8) is 0 Å². The first-order valence-electron chi connectivity index (χ1n) is 5.53. The van der Waals surface area contributed by atoms with Crippen LogP contribution in [-0.4, -0.2) is 33.2 Å². The lowest BCUT2D eigenvalue weighted by Crippen LogP contribution is -2.40. The predicted octanol–water partition coefficient (Wildman–Crippen LogP) is 0.724. The van der Waals surface area contributed by atoms with Gasteiger partial charge >= 0.3 is 15.5 Å². The summed E-state index contributed by atoms with van der Waals surface area (Å²) in [5, 5.41) is 2.18. The number of nitrogens with one attached hydrogen (secondary N) is 2. The fourth-order valence-corrected chi connectivity index (χ4v) is 3.51. The van der Waals surface area contributed by atoms with Crippen LogP contribution in [0, 0.1) is 0 Å². The highest BCUT2D eigenvalue weighted by molar-refractivity contribution is 8.05. The van der Waals surface area contributed by atoms with Gasteiger partial charge in [-0.25, -0.2) is 16.8 Å². The number of aromatic nitrogens is 1. The van der Waals surface area contributed by atoms with Gasteiger partial charge in [0.25, 0.3) is 15.9 Å². The van der Waals surface area contributed by atoms with Crippen LogP contribution < -0.4 is 9.44 Å². The van der Waals surface area contributed by atoms with Crippen molar-refractivity contribution in [1.29, 1.82) is 0 Å². The molecular formula is C10H10F3N3O5S2. The molecule has 0 saturated carbocycles. The number of halogens is 3. The van der Waals surface area contributed by atoms with Gasteiger partial charge < -0.3 is 5.32 Å². The molecule has 0 spiro atoms. The Bertz CT molecular complexity index is 847. The molecule has 0 unspecified atom stereocenters. The van der Waals surface area contributed by atoms with Gasteiger partial charge in [-0.1, -0.05) is 10.7 Å². The second-order valence-corrected chi connectivity index (χ2v) is 7.79. The summed E-state index contributed by atoms with van der Waals surface area (Å²) >= 11 is 0. The average molecular weight is 373 g/mol. The molecule has 1 aromatic heterocycles. The minimum absolute atomic E-state index is 0.0797. The molecule has 23 heavy (non-hydrogen) atoms. The van der Waals surface area contributed by atoms with Crippen molar-refractivity contribution in [3.05, 3.63) is 30.6 Å². The van der Waals surface area contributed by atoms with E-state index in [-0.39, 0.29) is 11.3 Å². The fourth-order valence-electron chi connectivity index (χ4n) is 1.11. The van der Waals surface area contributed by atoms with E-state index in [0.29, 0.717) is 10.3 Å². The second-order valence-electron chi connectivity index (χ2n) is 4.18. The van der Waals surface area contributed by atoms with E-state index in [1.807, 2.05) is 0 Å². The van der Waals surface area contributed by atoms with Crippen LogP contribution in [0.3, 0.4) is 0 Å². The lowest BCUT2D eigenvalue weighted by molar-refractivity contribution is -0.112. The minimum Gasteiger partial charge on any atom is -0.321 e. The number of carbonyl (C=O) groups excluding carboxylic acids is 1. The zero-order valence-electron chi connectivity index (χ0n) is 11.4. The van der Waals surface area contributed by atoms with E-state index in [2.05, 4.69) is 16.9 Å². The predicted molar refractivity (Wildman–Crippen MR) is 73.0 cm³/mol. The van der Waals surface area contributed by atoms with Crippen molar-refractivity contribution in [1.82, 2.24) is 9.11 Å². The molecule has 13 heteroatoms. The first kappa shape index (κ1) is 19.1. The van der Waals surface area contributed by atoms with Gasteiger partial charge in [0, 0.05) is 11.8 Å². The summed E-state index contributed by atoms with van der Waals surface area (Å²) in [6.45, 7) is 4.69. The quantitative estimate of drug-likeness (QED) is 0.734. The molecular weight excluding hydrogens is 363 g/mol.